The summed E-state index contributed by atoms with van der Waals surface area (Å²) in [6, 6.07) is 4.23. The molecule has 2 saturated heterocycles. The Bertz CT molecular complexity index is 751. The van der Waals surface area contributed by atoms with Crippen molar-refractivity contribution in [2.75, 3.05) is 26.2 Å². The molecule has 2 amide bonds. The van der Waals surface area contributed by atoms with Gasteiger partial charge in [0.1, 0.15) is 5.82 Å². The molecule has 1 aromatic heterocycles. The van der Waals surface area contributed by atoms with E-state index in [1.165, 1.54) is 24.0 Å². The van der Waals surface area contributed by atoms with Crippen LogP contribution in [0.25, 0.3) is 11.0 Å². The highest BCUT2D eigenvalue weighted by Gasteiger charge is 2.39. The lowest BCUT2D eigenvalue weighted by molar-refractivity contribution is 0.118. The smallest absolute Gasteiger partial charge is 0.317 e. The highest BCUT2D eigenvalue weighted by molar-refractivity contribution is 5.77. The van der Waals surface area contributed by atoms with Crippen LogP contribution >= 0.6 is 0 Å². The zero-order chi connectivity index (χ0) is 17.4. The summed E-state index contributed by atoms with van der Waals surface area (Å²) in [7, 11) is 0. The molecule has 25 heavy (non-hydrogen) atoms. The van der Waals surface area contributed by atoms with E-state index in [2.05, 4.69) is 46.6 Å². The third-order valence-corrected chi connectivity index (χ3v) is 5.83. The van der Waals surface area contributed by atoms with Gasteiger partial charge in [-0.25, -0.2) is 9.78 Å². The topological polar surface area (TPSA) is 73.1 Å². The maximum absolute atomic E-state index is 12.6. The van der Waals surface area contributed by atoms with Crippen molar-refractivity contribution in [1.82, 2.24) is 25.5 Å². The van der Waals surface area contributed by atoms with Gasteiger partial charge >= 0.3 is 6.03 Å². The number of H-pyrrole nitrogens is 1. The Hall–Kier alpha value is -2.08. The monoisotopic (exact) mass is 341 g/mol. The number of imidazole rings is 1. The summed E-state index contributed by atoms with van der Waals surface area (Å²) in [5.74, 6) is 0.808. The number of urea groups is 1. The second kappa shape index (κ2) is 6.33. The highest BCUT2D eigenvalue weighted by atomic mass is 16.2. The normalized spacial score (nSPS) is 23.5. The summed E-state index contributed by atoms with van der Waals surface area (Å²) >= 11 is 0. The van der Waals surface area contributed by atoms with E-state index in [1.807, 2.05) is 4.90 Å². The molecule has 1 spiro atoms. The number of likely N-dealkylation sites (tertiary alicyclic amines) is 1. The van der Waals surface area contributed by atoms with Crippen molar-refractivity contribution in [3.05, 3.63) is 29.1 Å². The lowest BCUT2D eigenvalue weighted by Crippen LogP contribution is -2.50. The third kappa shape index (κ3) is 3.23. The molecule has 0 bridgehead atoms. The summed E-state index contributed by atoms with van der Waals surface area (Å²) in [6.07, 6.45) is 3.50. The molecule has 0 saturated carbocycles. The predicted molar refractivity (Wildman–Crippen MR) is 98.5 cm³/mol. The number of fused-ring (bicyclic) bond motifs is 1. The van der Waals surface area contributed by atoms with E-state index >= 15 is 0 Å². The van der Waals surface area contributed by atoms with Crippen molar-refractivity contribution >= 4 is 17.1 Å². The van der Waals surface area contributed by atoms with Gasteiger partial charge < -0.3 is 20.5 Å². The van der Waals surface area contributed by atoms with Gasteiger partial charge in [0.2, 0.25) is 0 Å². The van der Waals surface area contributed by atoms with Gasteiger partial charge in [0, 0.05) is 25.0 Å². The van der Waals surface area contributed by atoms with Crippen molar-refractivity contribution in [2.24, 2.45) is 5.41 Å². The minimum absolute atomic E-state index is 0.0267. The lowest BCUT2D eigenvalue weighted by Gasteiger charge is -2.39. The molecule has 0 unspecified atom stereocenters. The van der Waals surface area contributed by atoms with Gasteiger partial charge in [-0.05, 0) is 62.9 Å². The molecule has 0 aliphatic carbocycles. The first-order valence-electron chi connectivity index (χ1n) is 9.24. The van der Waals surface area contributed by atoms with Crippen LogP contribution in [0.2, 0.25) is 0 Å². The fourth-order valence-corrected chi connectivity index (χ4v) is 4.20. The quantitative estimate of drug-likeness (QED) is 0.786. The van der Waals surface area contributed by atoms with E-state index in [-0.39, 0.29) is 6.03 Å². The molecule has 1 aromatic carbocycles. The van der Waals surface area contributed by atoms with Crippen LogP contribution < -0.4 is 10.6 Å². The number of benzene rings is 1. The largest absolute Gasteiger partial charge is 0.340 e. The van der Waals surface area contributed by atoms with E-state index in [9.17, 15) is 4.79 Å². The van der Waals surface area contributed by atoms with Crippen LogP contribution in [-0.2, 0) is 6.54 Å². The summed E-state index contributed by atoms with van der Waals surface area (Å²) < 4.78 is 0. The van der Waals surface area contributed by atoms with E-state index in [0.29, 0.717) is 12.0 Å². The summed E-state index contributed by atoms with van der Waals surface area (Å²) in [6.45, 7) is 8.46. The van der Waals surface area contributed by atoms with Crippen molar-refractivity contribution in [2.45, 2.75) is 39.7 Å². The van der Waals surface area contributed by atoms with E-state index in [4.69, 9.17) is 0 Å². The standard InChI is InChI=1S/C19H27N5O/c1-13-8-15-16(9-14(13)2)23-17(22-15)10-21-18(25)24-7-3-4-19(12-24)5-6-20-11-19/h8-9,20H,3-7,10-12H2,1-2H3,(H,21,25)(H,22,23)/t19-/m0/s1. The maximum atomic E-state index is 12.6. The first-order valence-corrected chi connectivity index (χ1v) is 9.24. The van der Waals surface area contributed by atoms with Crippen LogP contribution in [0.15, 0.2) is 12.1 Å². The number of hydrogen-bond donors (Lipinski definition) is 3. The molecule has 6 nitrogen and oxygen atoms in total. The molecule has 0 radical (unpaired) electrons. The second-order valence-electron chi connectivity index (χ2n) is 7.75. The van der Waals surface area contributed by atoms with Gasteiger partial charge in [-0.3, -0.25) is 0 Å². The SMILES string of the molecule is Cc1cc2nc(CNC(=O)N3CCC[C@@]4(CCNC4)C3)[nH]c2cc1C. The second-order valence-corrected chi connectivity index (χ2v) is 7.75. The number of aromatic nitrogens is 2. The molecular formula is C19H27N5O. The van der Waals surface area contributed by atoms with Gasteiger partial charge in [-0.1, -0.05) is 0 Å². The number of piperidine rings is 1. The van der Waals surface area contributed by atoms with Gasteiger partial charge in [-0.15, -0.1) is 0 Å². The molecule has 2 aliphatic heterocycles. The Kier molecular flexibility index (Phi) is 4.15. The molecule has 2 fully saturated rings. The number of hydrogen-bond acceptors (Lipinski definition) is 3. The number of rotatable bonds is 2. The van der Waals surface area contributed by atoms with Crippen molar-refractivity contribution in [3.8, 4) is 0 Å². The Balaban J connectivity index is 1.40. The fraction of sp³-hybridized carbons (Fsp3) is 0.579. The van der Waals surface area contributed by atoms with E-state index < -0.39 is 0 Å². The van der Waals surface area contributed by atoms with E-state index in [0.717, 1.165) is 49.5 Å². The summed E-state index contributed by atoms with van der Waals surface area (Å²) in [5.41, 5.74) is 4.76. The van der Waals surface area contributed by atoms with Gasteiger partial charge in [0.15, 0.2) is 0 Å². The molecule has 3 heterocycles. The molecule has 1 atom stereocenters. The maximum Gasteiger partial charge on any atom is 0.317 e. The van der Waals surface area contributed by atoms with E-state index in [1.54, 1.807) is 0 Å². The van der Waals surface area contributed by atoms with Crippen LogP contribution in [-0.4, -0.2) is 47.1 Å². The van der Waals surface area contributed by atoms with Crippen molar-refractivity contribution in [3.63, 3.8) is 0 Å². The lowest BCUT2D eigenvalue weighted by atomic mass is 9.79. The van der Waals surface area contributed by atoms with Crippen LogP contribution in [0.5, 0.6) is 0 Å². The zero-order valence-electron chi connectivity index (χ0n) is 15.1. The molecule has 134 valence electrons. The number of nitrogens with zero attached hydrogens (tertiary/aromatic N) is 2. The Morgan fingerprint density at radius 1 is 1.32 bits per heavy atom. The van der Waals surface area contributed by atoms with Crippen LogP contribution in [0.3, 0.4) is 0 Å². The first kappa shape index (κ1) is 16.4. The summed E-state index contributed by atoms with van der Waals surface area (Å²) in [5, 5.41) is 6.49. The van der Waals surface area contributed by atoms with Crippen LogP contribution in [0, 0.1) is 19.3 Å². The minimum atomic E-state index is 0.0267. The number of carbonyl (C=O) groups excluding carboxylic acids is 1. The molecule has 3 N–H and O–H groups in total. The van der Waals surface area contributed by atoms with Crippen molar-refractivity contribution < 1.29 is 4.79 Å². The number of carbonyl (C=O) groups is 1. The predicted octanol–water partition coefficient (Wildman–Crippen LogP) is 2.46. The van der Waals surface area contributed by atoms with Gasteiger partial charge in [-0.2, -0.15) is 0 Å². The molecule has 2 aromatic rings. The molecular weight excluding hydrogens is 314 g/mol. The first-order chi connectivity index (χ1) is 12.0. The molecule has 4 rings (SSSR count). The van der Waals surface area contributed by atoms with Gasteiger partial charge in [0.05, 0.1) is 17.6 Å². The number of amides is 2. The van der Waals surface area contributed by atoms with Crippen molar-refractivity contribution in [1.29, 1.82) is 0 Å². The molecule has 6 heteroatoms. The number of nitrogens with one attached hydrogen (secondary N) is 3. The Labute approximate surface area is 148 Å². The highest BCUT2D eigenvalue weighted by Crippen LogP contribution is 2.35. The zero-order valence-corrected chi connectivity index (χ0v) is 15.1. The Morgan fingerprint density at radius 2 is 2.16 bits per heavy atom. The third-order valence-electron chi connectivity index (χ3n) is 5.83. The summed E-state index contributed by atoms with van der Waals surface area (Å²) in [4.78, 5) is 22.5. The van der Waals surface area contributed by atoms with Gasteiger partial charge in [0.25, 0.3) is 0 Å². The fourth-order valence-electron chi connectivity index (χ4n) is 4.20. The van der Waals surface area contributed by atoms with Crippen LogP contribution in [0.4, 0.5) is 4.79 Å². The Morgan fingerprint density at radius 3 is 2.96 bits per heavy atom. The number of aryl methyl sites for hydroxylation is 2. The minimum Gasteiger partial charge on any atom is -0.340 e. The molecule has 2 aliphatic rings. The van der Waals surface area contributed by atoms with Crippen LogP contribution in [0.1, 0.15) is 36.2 Å². The average Bonchev–Trinajstić information content (AvgIpc) is 3.20. The average molecular weight is 341 g/mol. The number of aromatic amines is 1.